The molecule has 0 spiro atoms. The predicted molar refractivity (Wildman–Crippen MR) is 111 cm³/mol. The van der Waals surface area contributed by atoms with Gasteiger partial charge in [0.25, 0.3) is 0 Å². The highest BCUT2D eigenvalue weighted by atomic mass is 16.6. The van der Waals surface area contributed by atoms with Gasteiger partial charge in [-0.05, 0) is 44.1 Å². The summed E-state index contributed by atoms with van der Waals surface area (Å²) in [5, 5.41) is 0. The number of benzene rings is 1. The number of ether oxygens (including phenoxy) is 1. The first-order chi connectivity index (χ1) is 13.3. The highest BCUT2D eigenvalue weighted by Gasteiger charge is 2.37. The van der Waals surface area contributed by atoms with Gasteiger partial charge in [0, 0.05) is 6.04 Å². The second kappa shape index (κ2) is 10.5. The van der Waals surface area contributed by atoms with Crippen LogP contribution in [0, 0.1) is 0 Å². The molecule has 0 aliphatic carbocycles. The zero-order valence-electron chi connectivity index (χ0n) is 16.9. The molecular weight excluding hydrogens is 334 g/mol. The lowest BCUT2D eigenvalue weighted by Gasteiger charge is -2.44. The lowest BCUT2D eigenvalue weighted by Crippen LogP contribution is -2.51. The quantitative estimate of drug-likeness (QED) is 0.361. The molecule has 0 radical (unpaired) electrons. The number of piperidine rings is 1. The standard InChI is InChI=1S/C24H35NO2/c1-2-3-4-5-6-8-14-21-17-22-15-11-16-23(18-21)25(22)24(26)27-19-20-12-9-7-10-13-20/h7,9-10,12-13,17,22-23H,2-6,8,11,14-16,18-19H2,1H3. The van der Waals surface area contributed by atoms with Crippen LogP contribution >= 0.6 is 0 Å². The maximum atomic E-state index is 12.7. The molecule has 0 saturated carbocycles. The first-order valence-corrected chi connectivity index (χ1v) is 11.0. The van der Waals surface area contributed by atoms with Crippen molar-refractivity contribution < 1.29 is 9.53 Å². The normalized spacial score (nSPS) is 21.7. The van der Waals surface area contributed by atoms with Gasteiger partial charge in [0.05, 0.1) is 6.04 Å². The number of carbonyl (C=O) groups is 1. The third kappa shape index (κ3) is 5.85. The van der Waals surface area contributed by atoms with Gasteiger partial charge >= 0.3 is 6.09 Å². The second-order valence-electron chi connectivity index (χ2n) is 8.15. The fourth-order valence-electron chi connectivity index (χ4n) is 4.51. The van der Waals surface area contributed by atoms with Crippen molar-refractivity contribution in [1.29, 1.82) is 0 Å². The summed E-state index contributed by atoms with van der Waals surface area (Å²) < 4.78 is 5.63. The van der Waals surface area contributed by atoms with Crippen molar-refractivity contribution in [2.24, 2.45) is 0 Å². The first-order valence-electron chi connectivity index (χ1n) is 11.0. The van der Waals surface area contributed by atoms with Crippen LogP contribution in [0.4, 0.5) is 4.79 Å². The molecule has 3 nitrogen and oxygen atoms in total. The van der Waals surface area contributed by atoms with Crippen LogP contribution in [0.5, 0.6) is 0 Å². The summed E-state index contributed by atoms with van der Waals surface area (Å²) in [5.41, 5.74) is 2.62. The predicted octanol–water partition coefficient (Wildman–Crippen LogP) is 6.63. The molecule has 2 atom stereocenters. The van der Waals surface area contributed by atoms with Gasteiger partial charge in [-0.3, -0.25) is 4.90 Å². The number of amides is 1. The summed E-state index contributed by atoms with van der Waals surface area (Å²) in [6.45, 7) is 2.63. The van der Waals surface area contributed by atoms with Crippen molar-refractivity contribution in [2.45, 2.75) is 96.2 Å². The van der Waals surface area contributed by atoms with Gasteiger partial charge < -0.3 is 4.74 Å². The van der Waals surface area contributed by atoms with E-state index in [1.54, 1.807) is 5.57 Å². The summed E-state index contributed by atoms with van der Waals surface area (Å²) in [4.78, 5) is 14.8. The van der Waals surface area contributed by atoms with Crippen molar-refractivity contribution in [3.05, 3.63) is 47.5 Å². The Balaban J connectivity index is 1.49. The SMILES string of the molecule is CCCCCCCCC1=CC2CCCC(C1)N2C(=O)OCc1ccccc1. The van der Waals surface area contributed by atoms with E-state index in [1.165, 1.54) is 51.4 Å². The maximum Gasteiger partial charge on any atom is 0.410 e. The van der Waals surface area contributed by atoms with E-state index in [0.29, 0.717) is 12.6 Å². The molecule has 1 aromatic carbocycles. The minimum Gasteiger partial charge on any atom is -0.445 e. The van der Waals surface area contributed by atoms with Crippen LogP contribution in [0.15, 0.2) is 42.0 Å². The average Bonchev–Trinajstić information content (AvgIpc) is 2.69. The fraction of sp³-hybridized carbons (Fsp3) is 0.625. The van der Waals surface area contributed by atoms with Crippen LogP contribution in [0.25, 0.3) is 0 Å². The number of unbranched alkanes of at least 4 members (excludes halogenated alkanes) is 5. The van der Waals surface area contributed by atoms with E-state index in [1.807, 2.05) is 35.2 Å². The van der Waals surface area contributed by atoms with Gasteiger partial charge in [-0.1, -0.05) is 81.0 Å². The van der Waals surface area contributed by atoms with Gasteiger partial charge in [0.1, 0.15) is 6.61 Å². The Labute approximate surface area is 164 Å². The van der Waals surface area contributed by atoms with Gasteiger partial charge in [0.15, 0.2) is 0 Å². The maximum absolute atomic E-state index is 12.7. The molecule has 3 heteroatoms. The Hall–Kier alpha value is -1.77. The molecule has 2 aliphatic rings. The van der Waals surface area contributed by atoms with Gasteiger partial charge in [0.2, 0.25) is 0 Å². The molecule has 148 valence electrons. The van der Waals surface area contributed by atoms with E-state index in [4.69, 9.17) is 4.74 Å². The van der Waals surface area contributed by atoms with Crippen molar-refractivity contribution in [3.8, 4) is 0 Å². The topological polar surface area (TPSA) is 29.5 Å². The van der Waals surface area contributed by atoms with Crippen LogP contribution in [-0.2, 0) is 11.3 Å². The monoisotopic (exact) mass is 369 g/mol. The van der Waals surface area contributed by atoms with E-state index in [-0.39, 0.29) is 12.1 Å². The number of fused-ring (bicyclic) bond motifs is 2. The lowest BCUT2D eigenvalue weighted by atomic mass is 9.84. The minimum absolute atomic E-state index is 0.136. The Morgan fingerprint density at radius 1 is 1.07 bits per heavy atom. The number of carbonyl (C=O) groups excluding carboxylic acids is 1. The lowest BCUT2D eigenvalue weighted by molar-refractivity contribution is 0.0479. The summed E-state index contributed by atoms with van der Waals surface area (Å²) >= 11 is 0. The van der Waals surface area contributed by atoms with Crippen molar-refractivity contribution in [1.82, 2.24) is 4.90 Å². The molecular formula is C24H35NO2. The zero-order valence-corrected chi connectivity index (χ0v) is 16.9. The Morgan fingerprint density at radius 2 is 1.85 bits per heavy atom. The van der Waals surface area contributed by atoms with Crippen LogP contribution in [-0.4, -0.2) is 23.1 Å². The summed E-state index contributed by atoms with van der Waals surface area (Å²) in [5.74, 6) is 0. The highest BCUT2D eigenvalue weighted by Crippen LogP contribution is 2.35. The Bertz CT molecular complexity index is 610. The van der Waals surface area contributed by atoms with E-state index in [0.717, 1.165) is 24.8 Å². The Kier molecular flexibility index (Phi) is 7.79. The third-order valence-corrected chi connectivity index (χ3v) is 5.98. The molecule has 0 N–H and O–H groups in total. The molecule has 1 amide bonds. The molecule has 2 heterocycles. The Morgan fingerprint density at radius 3 is 2.63 bits per heavy atom. The molecule has 2 unspecified atom stereocenters. The van der Waals surface area contributed by atoms with Gasteiger partial charge in [-0.25, -0.2) is 4.79 Å². The molecule has 1 saturated heterocycles. The van der Waals surface area contributed by atoms with Crippen LogP contribution in [0.1, 0.15) is 83.1 Å². The summed E-state index contributed by atoms with van der Waals surface area (Å²) in [6.07, 6.45) is 16.0. The molecule has 2 aliphatic heterocycles. The van der Waals surface area contributed by atoms with E-state index in [9.17, 15) is 4.79 Å². The largest absolute Gasteiger partial charge is 0.445 e. The van der Waals surface area contributed by atoms with Crippen molar-refractivity contribution in [2.75, 3.05) is 0 Å². The molecule has 1 aromatic rings. The molecule has 3 rings (SSSR count). The van der Waals surface area contributed by atoms with Crippen LogP contribution in [0.2, 0.25) is 0 Å². The minimum atomic E-state index is -0.136. The molecule has 2 bridgehead atoms. The van der Waals surface area contributed by atoms with E-state index < -0.39 is 0 Å². The molecule has 0 aromatic heterocycles. The number of hydrogen-bond donors (Lipinski definition) is 0. The average molecular weight is 370 g/mol. The number of rotatable bonds is 9. The van der Waals surface area contributed by atoms with Crippen molar-refractivity contribution >= 4 is 6.09 Å². The second-order valence-corrected chi connectivity index (χ2v) is 8.15. The van der Waals surface area contributed by atoms with Gasteiger partial charge in [-0.2, -0.15) is 0 Å². The van der Waals surface area contributed by atoms with Gasteiger partial charge in [-0.15, -0.1) is 0 Å². The molecule has 27 heavy (non-hydrogen) atoms. The zero-order chi connectivity index (χ0) is 18.9. The van der Waals surface area contributed by atoms with Crippen molar-refractivity contribution in [3.63, 3.8) is 0 Å². The van der Waals surface area contributed by atoms with Crippen LogP contribution in [0.3, 0.4) is 0 Å². The smallest absolute Gasteiger partial charge is 0.410 e. The number of nitrogens with zero attached hydrogens (tertiary/aromatic N) is 1. The van der Waals surface area contributed by atoms with E-state index in [2.05, 4.69) is 13.0 Å². The fourth-order valence-corrected chi connectivity index (χ4v) is 4.51. The summed E-state index contributed by atoms with van der Waals surface area (Å²) in [6, 6.07) is 10.5. The number of hydrogen-bond acceptors (Lipinski definition) is 2. The highest BCUT2D eigenvalue weighted by molar-refractivity contribution is 5.69. The molecule has 1 fully saturated rings. The third-order valence-electron chi connectivity index (χ3n) is 5.98. The van der Waals surface area contributed by atoms with Crippen LogP contribution < -0.4 is 0 Å². The van der Waals surface area contributed by atoms with E-state index >= 15 is 0 Å². The summed E-state index contributed by atoms with van der Waals surface area (Å²) in [7, 11) is 0. The first kappa shape index (κ1) is 20.0.